The second-order valence-corrected chi connectivity index (χ2v) is 9.04. The lowest BCUT2D eigenvalue weighted by Crippen LogP contribution is -2.51. The lowest BCUT2D eigenvalue weighted by atomic mass is 10.3. The molecule has 1 fully saturated rings. The molecular formula is C18H18N4O4S2. The average molecular weight is 419 g/mol. The second-order valence-electron chi connectivity index (χ2n) is 6.20. The molecule has 0 atom stereocenters. The Bertz CT molecular complexity index is 1080. The van der Waals surface area contributed by atoms with Crippen molar-refractivity contribution in [3.63, 3.8) is 0 Å². The molecule has 0 radical (unpaired) electrons. The second kappa shape index (κ2) is 7.82. The van der Waals surface area contributed by atoms with Crippen LogP contribution in [-0.2, 0) is 14.8 Å². The first-order valence-corrected chi connectivity index (χ1v) is 11.0. The molecule has 2 aromatic heterocycles. The summed E-state index contributed by atoms with van der Waals surface area (Å²) in [5.74, 6) is 0.184. The average Bonchev–Trinajstić information content (AvgIpc) is 3.22. The molecule has 1 saturated heterocycles. The lowest BCUT2D eigenvalue weighted by molar-refractivity contribution is -0.134. The van der Waals surface area contributed by atoms with Gasteiger partial charge in [0, 0.05) is 26.2 Å². The molecule has 1 amide bonds. The van der Waals surface area contributed by atoms with E-state index in [0.717, 1.165) is 10.2 Å². The summed E-state index contributed by atoms with van der Waals surface area (Å²) >= 11 is 1.48. The van der Waals surface area contributed by atoms with Crippen LogP contribution in [0.2, 0.25) is 0 Å². The van der Waals surface area contributed by atoms with Crippen LogP contribution < -0.4 is 4.74 Å². The van der Waals surface area contributed by atoms with Gasteiger partial charge >= 0.3 is 0 Å². The van der Waals surface area contributed by atoms with E-state index in [1.54, 1.807) is 35.2 Å². The molecule has 0 unspecified atom stereocenters. The van der Waals surface area contributed by atoms with Gasteiger partial charge in [0.15, 0.2) is 6.61 Å². The van der Waals surface area contributed by atoms with Crippen molar-refractivity contribution in [2.45, 2.75) is 4.90 Å². The Balaban J connectivity index is 1.35. The lowest BCUT2D eigenvalue weighted by Gasteiger charge is -2.33. The van der Waals surface area contributed by atoms with Crippen LogP contribution >= 0.6 is 11.3 Å². The van der Waals surface area contributed by atoms with Crippen LogP contribution in [0.15, 0.2) is 53.0 Å². The predicted octanol–water partition coefficient (Wildman–Crippen LogP) is 1.60. The van der Waals surface area contributed by atoms with Gasteiger partial charge in [-0.1, -0.05) is 18.2 Å². The number of fused-ring (bicyclic) bond motifs is 1. The van der Waals surface area contributed by atoms with E-state index in [2.05, 4.69) is 9.97 Å². The Morgan fingerprint density at radius 3 is 2.57 bits per heavy atom. The SMILES string of the molecule is O=C(COc1ncnc2sccc12)N1CCN(S(=O)(=O)c2ccccc2)CC1. The topological polar surface area (TPSA) is 92.7 Å². The van der Waals surface area contributed by atoms with Gasteiger partial charge < -0.3 is 9.64 Å². The van der Waals surface area contributed by atoms with E-state index in [1.165, 1.54) is 22.0 Å². The van der Waals surface area contributed by atoms with Gasteiger partial charge in [-0.15, -0.1) is 11.3 Å². The minimum atomic E-state index is -3.54. The molecule has 0 bridgehead atoms. The van der Waals surface area contributed by atoms with Crippen molar-refractivity contribution in [2.24, 2.45) is 0 Å². The van der Waals surface area contributed by atoms with Gasteiger partial charge in [-0.25, -0.2) is 18.4 Å². The van der Waals surface area contributed by atoms with Crippen LogP contribution in [-0.4, -0.2) is 66.3 Å². The van der Waals surface area contributed by atoms with Crippen molar-refractivity contribution in [3.8, 4) is 5.88 Å². The number of aromatic nitrogens is 2. The molecule has 0 saturated carbocycles. The number of amides is 1. The highest BCUT2D eigenvalue weighted by Crippen LogP contribution is 2.25. The zero-order valence-corrected chi connectivity index (χ0v) is 16.5. The standard InChI is InChI=1S/C18H18N4O4S2/c23-16(12-26-17-15-6-11-27-18(15)20-13-19-17)21-7-9-22(10-8-21)28(24,25)14-4-2-1-3-5-14/h1-6,11,13H,7-10,12H2. The number of benzene rings is 1. The summed E-state index contributed by atoms with van der Waals surface area (Å²) in [4.78, 5) is 23.4. The Morgan fingerprint density at radius 2 is 1.82 bits per heavy atom. The van der Waals surface area contributed by atoms with Gasteiger partial charge in [-0.05, 0) is 23.6 Å². The van der Waals surface area contributed by atoms with Crippen LogP contribution in [0.4, 0.5) is 0 Å². The van der Waals surface area contributed by atoms with E-state index in [1.807, 2.05) is 11.4 Å². The molecule has 8 nitrogen and oxygen atoms in total. The predicted molar refractivity (Wildman–Crippen MR) is 105 cm³/mol. The van der Waals surface area contributed by atoms with Crippen LogP contribution in [0.25, 0.3) is 10.2 Å². The molecular weight excluding hydrogens is 400 g/mol. The molecule has 3 heterocycles. The fourth-order valence-corrected chi connectivity index (χ4v) is 5.19. The van der Waals surface area contributed by atoms with Crippen molar-refractivity contribution in [1.29, 1.82) is 0 Å². The normalized spacial score (nSPS) is 15.6. The molecule has 1 aromatic carbocycles. The van der Waals surface area contributed by atoms with E-state index in [0.29, 0.717) is 19.0 Å². The van der Waals surface area contributed by atoms with E-state index < -0.39 is 10.0 Å². The van der Waals surface area contributed by atoms with Gasteiger partial charge in [-0.2, -0.15) is 4.31 Å². The summed E-state index contributed by atoms with van der Waals surface area (Å²) in [6.45, 7) is 1.02. The number of hydrogen-bond acceptors (Lipinski definition) is 7. The highest BCUT2D eigenvalue weighted by Gasteiger charge is 2.30. The number of carbonyl (C=O) groups excluding carboxylic acids is 1. The summed E-state index contributed by atoms with van der Waals surface area (Å²) in [7, 11) is -3.54. The van der Waals surface area contributed by atoms with Gasteiger partial charge in [0.05, 0.1) is 10.3 Å². The Kier molecular flexibility index (Phi) is 5.25. The quantitative estimate of drug-likeness (QED) is 0.625. The molecule has 146 valence electrons. The van der Waals surface area contributed by atoms with Gasteiger partial charge in [-0.3, -0.25) is 4.79 Å². The Labute approximate surface area is 166 Å². The number of sulfonamides is 1. The first kappa shape index (κ1) is 18.8. The first-order chi connectivity index (χ1) is 13.6. The fourth-order valence-electron chi connectivity index (χ4n) is 3.02. The number of thiophene rings is 1. The molecule has 10 heteroatoms. The minimum Gasteiger partial charge on any atom is -0.467 e. The smallest absolute Gasteiger partial charge is 0.260 e. The Morgan fingerprint density at radius 1 is 1.07 bits per heavy atom. The molecule has 0 spiro atoms. The largest absolute Gasteiger partial charge is 0.467 e. The molecule has 0 aliphatic carbocycles. The third-order valence-corrected chi connectivity index (χ3v) is 7.26. The maximum Gasteiger partial charge on any atom is 0.260 e. The zero-order chi connectivity index (χ0) is 19.6. The summed E-state index contributed by atoms with van der Waals surface area (Å²) < 4.78 is 32.3. The molecule has 28 heavy (non-hydrogen) atoms. The monoisotopic (exact) mass is 418 g/mol. The number of ether oxygens (including phenoxy) is 1. The number of rotatable bonds is 5. The van der Waals surface area contributed by atoms with E-state index >= 15 is 0 Å². The Hall–Kier alpha value is -2.56. The molecule has 4 rings (SSSR count). The van der Waals surface area contributed by atoms with Crippen molar-refractivity contribution in [1.82, 2.24) is 19.2 Å². The third kappa shape index (κ3) is 3.71. The fraction of sp³-hybridized carbons (Fsp3) is 0.278. The van der Waals surface area contributed by atoms with E-state index in [-0.39, 0.29) is 30.5 Å². The van der Waals surface area contributed by atoms with Crippen molar-refractivity contribution < 1.29 is 17.9 Å². The maximum absolute atomic E-state index is 12.7. The highest BCUT2D eigenvalue weighted by atomic mass is 32.2. The van der Waals surface area contributed by atoms with Crippen LogP contribution in [0.5, 0.6) is 5.88 Å². The van der Waals surface area contributed by atoms with E-state index in [9.17, 15) is 13.2 Å². The van der Waals surface area contributed by atoms with Gasteiger partial charge in [0.1, 0.15) is 11.2 Å². The third-order valence-electron chi connectivity index (χ3n) is 4.53. The molecule has 3 aromatic rings. The summed E-state index contributed by atoms with van der Waals surface area (Å²) in [5.41, 5.74) is 0. The first-order valence-electron chi connectivity index (χ1n) is 8.70. The van der Waals surface area contributed by atoms with Crippen LogP contribution in [0.1, 0.15) is 0 Å². The van der Waals surface area contributed by atoms with Crippen LogP contribution in [0.3, 0.4) is 0 Å². The number of carbonyl (C=O) groups is 1. The van der Waals surface area contributed by atoms with E-state index in [4.69, 9.17) is 4.74 Å². The van der Waals surface area contributed by atoms with Crippen molar-refractivity contribution in [3.05, 3.63) is 48.1 Å². The molecule has 1 aliphatic heterocycles. The number of nitrogens with zero attached hydrogens (tertiary/aromatic N) is 4. The number of piperazine rings is 1. The van der Waals surface area contributed by atoms with Gasteiger partial charge in [0.25, 0.3) is 5.91 Å². The summed E-state index contributed by atoms with van der Waals surface area (Å²) in [6, 6.07) is 10.2. The molecule has 0 N–H and O–H groups in total. The minimum absolute atomic E-state index is 0.145. The molecule has 1 aliphatic rings. The van der Waals surface area contributed by atoms with Crippen LogP contribution in [0, 0.1) is 0 Å². The maximum atomic E-state index is 12.7. The summed E-state index contributed by atoms with van der Waals surface area (Å²) in [5, 5.41) is 2.67. The van der Waals surface area contributed by atoms with Crippen molar-refractivity contribution >= 4 is 37.5 Å². The number of hydrogen-bond donors (Lipinski definition) is 0. The van der Waals surface area contributed by atoms with Crippen molar-refractivity contribution in [2.75, 3.05) is 32.8 Å². The van der Waals surface area contributed by atoms with Gasteiger partial charge in [0.2, 0.25) is 15.9 Å². The highest BCUT2D eigenvalue weighted by molar-refractivity contribution is 7.89. The summed E-state index contributed by atoms with van der Waals surface area (Å²) in [6.07, 6.45) is 1.41. The zero-order valence-electron chi connectivity index (χ0n) is 14.9.